The lowest BCUT2D eigenvalue weighted by atomic mass is 9.97. The van der Waals surface area contributed by atoms with E-state index in [4.69, 9.17) is 4.79 Å². The van der Waals surface area contributed by atoms with E-state index in [9.17, 15) is 0 Å². The summed E-state index contributed by atoms with van der Waals surface area (Å²) in [4.78, 5) is 12.3. The first-order valence-electron chi connectivity index (χ1n) is 4.63. The van der Waals surface area contributed by atoms with Gasteiger partial charge in [-0.25, -0.2) is 4.98 Å². The molecular formula is C11H17BrN2O. The Morgan fingerprint density at radius 2 is 2.00 bits per heavy atom. The van der Waals surface area contributed by atoms with E-state index in [-0.39, 0.29) is 5.41 Å². The van der Waals surface area contributed by atoms with E-state index in [1.54, 1.807) is 0 Å². The molecule has 1 heterocycles. The molecule has 0 aliphatic carbocycles. The maximum absolute atomic E-state index is 8.00. The Hall–Kier alpha value is -0.900. The molecule has 0 unspecified atom stereocenters. The summed E-state index contributed by atoms with van der Waals surface area (Å²) in [5.74, 6) is 0.921. The van der Waals surface area contributed by atoms with E-state index in [2.05, 4.69) is 47.0 Å². The Bertz CT molecular complexity index is 297. The molecule has 1 aromatic rings. The lowest BCUT2D eigenvalue weighted by Gasteiger charge is -2.19. The van der Waals surface area contributed by atoms with Crippen LogP contribution in [0.3, 0.4) is 0 Å². The number of hydrogen-bond donors (Lipinski definition) is 1. The molecule has 0 saturated heterocycles. The predicted octanol–water partition coefficient (Wildman–Crippen LogP) is 3.12. The Morgan fingerprint density at radius 3 is 2.47 bits per heavy atom. The van der Waals surface area contributed by atoms with Crippen molar-refractivity contribution in [3.63, 3.8) is 0 Å². The predicted molar refractivity (Wildman–Crippen MR) is 67.0 cm³/mol. The quantitative estimate of drug-likeness (QED) is 0.842. The number of anilines is 1. The van der Waals surface area contributed by atoms with E-state index >= 15 is 0 Å². The average molecular weight is 273 g/mol. The van der Waals surface area contributed by atoms with Crippen LogP contribution < -0.4 is 5.32 Å². The maximum atomic E-state index is 8.00. The van der Waals surface area contributed by atoms with Gasteiger partial charge >= 0.3 is 0 Å². The van der Waals surface area contributed by atoms with Crippen molar-refractivity contribution in [2.45, 2.75) is 20.8 Å². The Kier molecular flexibility index (Phi) is 6.17. The third-order valence-corrected chi connectivity index (χ3v) is 1.96. The lowest BCUT2D eigenvalue weighted by molar-refractivity contribution is -0.0979. The van der Waals surface area contributed by atoms with Gasteiger partial charge in [0.2, 0.25) is 0 Å². The fourth-order valence-electron chi connectivity index (χ4n) is 0.862. The Morgan fingerprint density at radius 1 is 1.40 bits per heavy atom. The highest BCUT2D eigenvalue weighted by molar-refractivity contribution is 9.10. The molecule has 0 aliphatic heterocycles. The normalized spacial score (nSPS) is 10.1. The minimum atomic E-state index is 0.282. The number of rotatable bonds is 2. The van der Waals surface area contributed by atoms with E-state index in [1.807, 2.05) is 25.0 Å². The third-order valence-electron chi connectivity index (χ3n) is 1.51. The summed E-state index contributed by atoms with van der Waals surface area (Å²) >= 11 is 3.33. The summed E-state index contributed by atoms with van der Waals surface area (Å²) in [7, 11) is 0. The Labute approximate surface area is 99.4 Å². The second-order valence-electron chi connectivity index (χ2n) is 4.26. The van der Waals surface area contributed by atoms with E-state index in [0.717, 1.165) is 17.0 Å². The van der Waals surface area contributed by atoms with Crippen molar-refractivity contribution < 1.29 is 4.79 Å². The fourth-order valence-corrected chi connectivity index (χ4v) is 1.21. The van der Waals surface area contributed by atoms with Gasteiger partial charge in [-0.15, -0.1) is 0 Å². The number of nitrogens with zero attached hydrogens (tertiary/aromatic N) is 1. The van der Waals surface area contributed by atoms with Crippen LogP contribution in [-0.2, 0) is 4.79 Å². The molecule has 0 fully saturated rings. The molecule has 0 bridgehead atoms. The zero-order valence-electron chi connectivity index (χ0n) is 9.38. The fraction of sp³-hybridized carbons (Fsp3) is 0.455. The zero-order valence-corrected chi connectivity index (χ0v) is 11.0. The molecule has 0 aromatic carbocycles. The standard InChI is InChI=1S/C10H15BrN2.CH2O/c1-10(2,3)7-12-9-6-4-5-8(11)13-9;1-2/h4-6H,7H2,1-3H3,(H,12,13);1H2. The smallest absolute Gasteiger partial charge is 0.127 e. The van der Waals surface area contributed by atoms with Gasteiger partial charge in [0.15, 0.2) is 0 Å². The maximum Gasteiger partial charge on any atom is 0.127 e. The van der Waals surface area contributed by atoms with Gasteiger partial charge in [0.05, 0.1) is 0 Å². The summed E-state index contributed by atoms with van der Waals surface area (Å²) in [5.41, 5.74) is 0.282. The minimum Gasteiger partial charge on any atom is -0.370 e. The van der Waals surface area contributed by atoms with Crippen LogP contribution in [-0.4, -0.2) is 18.3 Å². The summed E-state index contributed by atoms with van der Waals surface area (Å²) in [5, 5.41) is 3.28. The molecule has 1 aromatic heterocycles. The molecule has 1 N–H and O–H groups in total. The number of hydrogen-bond acceptors (Lipinski definition) is 3. The van der Waals surface area contributed by atoms with Crippen molar-refractivity contribution >= 4 is 28.5 Å². The van der Waals surface area contributed by atoms with Crippen LogP contribution in [0.15, 0.2) is 22.8 Å². The van der Waals surface area contributed by atoms with Gasteiger partial charge < -0.3 is 10.1 Å². The molecule has 0 spiro atoms. The monoisotopic (exact) mass is 272 g/mol. The second kappa shape index (κ2) is 6.56. The van der Waals surface area contributed by atoms with Gasteiger partial charge in [-0.2, -0.15) is 0 Å². The molecule has 0 saturated carbocycles. The van der Waals surface area contributed by atoms with E-state index in [0.29, 0.717) is 0 Å². The molecule has 15 heavy (non-hydrogen) atoms. The number of carbonyl (C=O) groups excluding carboxylic acids is 1. The summed E-state index contributed by atoms with van der Waals surface area (Å²) in [6, 6.07) is 5.86. The molecule has 3 nitrogen and oxygen atoms in total. The topological polar surface area (TPSA) is 42.0 Å². The van der Waals surface area contributed by atoms with Crippen molar-refractivity contribution in [1.82, 2.24) is 4.98 Å². The number of halogens is 1. The highest BCUT2D eigenvalue weighted by Gasteiger charge is 2.09. The number of aromatic nitrogens is 1. The first-order chi connectivity index (χ1) is 6.97. The van der Waals surface area contributed by atoms with Crippen molar-refractivity contribution in [1.29, 1.82) is 0 Å². The van der Waals surface area contributed by atoms with Gasteiger partial charge in [0, 0.05) is 6.54 Å². The van der Waals surface area contributed by atoms with Gasteiger partial charge in [-0.3, -0.25) is 0 Å². The van der Waals surface area contributed by atoms with Crippen LogP contribution in [0.2, 0.25) is 0 Å². The molecule has 4 heteroatoms. The summed E-state index contributed by atoms with van der Waals surface area (Å²) in [6.07, 6.45) is 0. The van der Waals surface area contributed by atoms with Crippen LogP contribution in [0.4, 0.5) is 5.82 Å². The number of carbonyl (C=O) groups is 1. The Balaban J connectivity index is 0.000000921. The highest BCUT2D eigenvalue weighted by atomic mass is 79.9. The van der Waals surface area contributed by atoms with Gasteiger partial charge in [-0.1, -0.05) is 26.8 Å². The highest BCUT2D eigenvalue weighted by Crippen LogP contribution is 2.15. The van der Waals surface area contributed by atoms with Crippen LogP contribution in [0.1, 0.15) is 20.8 Å². The molecule has 0 amide bonds. The third kappa shape index (κ3) is 7.08. The lowest BCUT2D eigenvalue weighted by Crippen LogP contribution is -2.19. The largest absolute Gasteiger partial charge is 0.370 e. The van der Waals surface area contributed by atoms with Crippen LogP contribution >= 0.6 is 15.9 Å². The summed E-state index contributed by atoms with van der Waals surface area (Å²) < 4.78 is 0.867. The molecule has 0 aliphatic rings. The van der Waals surface area contributed by atoms with E-state index < -0.39 is 0 Å². The molecule has 84 valence electrons. The van der Waals surface area contributed by atoms with Crippen molar-refractivity contribution in [3.05, 3.63) is 22.8 Å². The molecule has 0 radical (unpaired) electrons. The van der Waals surface area contributed by atoms with Crippen molar-refractivity contribution in [2.75, 3.05) is 11.9 Å². The molecular weight excluding hydrogens is 256 g/mol. The van der Waals surface area contributed by atoms with Crippen LogP contribution in [0, 0.1) is 5.41 Å². The van der Waals surface area contributed by atoms with Gasteiger partial charge in [-0.05, 0) is 33.5 Å². The number of pyridine rings is 1. The van der Waals surface area contributed by atoms with Crippen molar-refractivity contribution in [3.8, 4) is 0 Å². The second-order valence-corrected chi connectivity index (χ2v) is 5.07. The first kappa shape index (κ1) is 14.1. The van der Waals surface area contributed by atoms with Crippen LogP contribution in [0.25, 0.3) is 0 Å². The van der Waals surface area contributed by atoms with Crippen molar-refractivity contribution in [2.24, 2.45) is 5.41 Å². The average Bonchev–Trinajstić information content (AvgIpc) is 2.17. The first-order valence-corrected chi connectivity index (χ1v) is 5.42. The summed E-state index contributed by atoms with van der Waals surface area (Å²) in [6.45, 7) is 9.50. The minimum absolute atomic E-state index is 0.282. The van der Waals surface area contributed by atoms with Gasteiger partial charge in [0.25, 0.3) is 0 Å². The van der Waals surface area contributed by atoms with Crippen LogP contribution in [0.5, 0.6) is 0 Å². The molecule has 0 atom stereocenters. The van der Waals surface area contributed by atoms with E-state index in [1.165, 1.54) is 0 Å². The molecule has 1 rings (SSSR count). The van der Waals surface area contributed by atoms with Gasteiger partial charge in [0.1, 0.15) is 17.2 Å². The number of nitrogens with one attached hydrogen (secondary N) is 1. The zero-order chi connectivity index (χ0) is 11.9. The SMILES string of the molecule is C=O.CC(C)(C)CNc1cccc(Br)n1.